The molecule has 3 aromatic rings. The average Bonchev–Trinajstić information content (AvgIpc) is 3.07. The van der Waals surface area contributed by atoms with E-state index < -0.39 is 5.97 Å². The Bertz CT molecular complexity index is 793. The van der Waals surface area contributed by atoms with E-state index in [0.29, 0.717) is 27.8 Å². The molecule has 7 heteroatoms. The standard InChI is InChI=1S/C13H10ClN3O3/c1-7-11(14)12-15-8(10-4-3-5-20-10)6-9(13(18)19-2)17(12)16-7/h3-6H,1-2H3. The molecule has 0 fully saturated rings. The number of fused-ring (bicyclic) bond motifs is 1. The van der Waals surface area contributed by atoms with Crippen molar-refractivity contribution in [3.63, 3.8) is 0 Å². The van der Waals surface area contributed by atoms with Gasteiger partial charge in [-0.3, -0.25) is 0 Å². The van der Waals surface area contributed by atoms with E-state index in [-0.39, 0.29) is 5.69 Å². The first-order valence-corrected chi connectivity index (χ1v) is 6.17. The molecule has 0 aromatic carbocycles. The molecule has 0 saturated heterocycles. The Morgan fingerprint density at radius 1 is 1.50 bits per heavy atom. The number of carbonyl (C=O) groups is 1. The molecule has 20 heavy (non-hydrogen) atoms. The molecule has 102 valence electrons. The van der Waals surface area contributed by atoms with Crippen molar-refractivity contribution in [1.82, 2.24) is 14.6 Å². The SMILES string of the molecule is COC(=O)c1cc(-c2ccco2)nc2c(Cl)c(C)nn12. The Morgan fingerprint density at radius 3 is 2.95 bits per heavy atom. The fraction of sp³-hybridized carbons (Fsp3) is 0.154. The molecule has 0 N–H and O–H groups in total. The predicted molar refractivity (Wildman–Crippen MR) is 71.8 cm³/mol. The molecule has 0 atom stereocenters. The van der Waals surface area contributed by atoms with Gasteiger partial charge in [-0.2, -0.15) is 5.10 Å². The molecular weight excluding hydrogens is 282 g/mol. The van der Waals surface area contributed by atoms with Crippen molar-refractivity contribution in [2.75, 3.05) is 7.11 Å². The van der Waals surface area contributed by atoms with Gasteiger partial charge in [-0.05, 0) is 19.1 Å². The van der Waals surface area contributed by atoms with Crippen LogP contribution in [0.2, 0.25) is 5.02 Å². The van der Waals surface area contributed by atoms with Crippen molar-refractivity contribution in [2.45, 2.75) is 6.92 Å². The molecule has 0 radical (unpaired) electrons. The summed E-state index contributed by atoms with van der Waals surface area (Å²) < 4.78 is 11.4. The lowest BCUT2D eigenvalue weighted by atomic mass is 10.2. The fourth-order valence-electron chi connectivity index (χ4n) is 1.90. The lowest BCUT2D eigenvalue weighted by molar-refractivity contribution is 0.0590. The third-order valence-corrected chi connectivity index (χ3v) is 3.30. The number of halogens is 1. The number of aromatic nitrogens is 3. The molecule has 3 aromatic heterocycles. The number of carbonyl (C=O) groups excluding carboxylic acids is 1. The van der Waals surface area contributed by atoms with Gasteiger partial charge in [0.1, 0.15) is 10.7 Å². The highest BCUT2D eigenvalue weighted by Gasteiger charge is 2.19. The molecule has 6 nitrogen and oxygen atoms in total. The van der Waals surface area contributed by atoms with Crippen LogP contribution in [0.3, 0.4) is 0 Å². The van der Waals surface area contributed by atoms with Gasteiger partial charge in [0.05, 0.1) is 19.1 Å². The van der Waals surface area contributed by atoms with E-state index in [4.69, 9.17) is 20.8 Å². The van der Waals surface area contributed by atoms with E-state index in [1.165, 1.54) is 17.9 Å². The molecule has 0 aliphatic rings. The molecule has 0 amide bonds. The second-order valence-electron chi connectivity index (χ2n) is 4.13. The number of nitrogens with zero attached hydrogens (tertiary/aromatic N) is 3. The van der Waals surface area contributed by atoms with Gasteiger partial charge in [0.15, 0.2) is 17.1 Å². The van der Waals surface area contributed by atoms with Crippen molar-refractivity contribution in [3.8, 4) is 11.5 Å². The summed E-state index contributed by atoms with van der Waals surface area (Å²) >= 11 is 6.17. The molecular formula is C13H10ClN3O3. The van der Waals surface area contributed by atoms with Crippen molar-refractivity contribution >= 4 is 23.2 Å². The van der Waals surface area contributed by atoms with Gasteiger partial charge in [0.2, 0.25) is 0 Å². The van der Waals surface area contributed by atoms with Crippen molar-refractivity contribution in [2.24, 2.45) is 0 Å². The number of hydrogen-bond acceptors (Lipinski definition) is 5. The Morgan fingerprint density at radius 2 is 2.30 bits per heavy atom. The third-order valence-electron chi connectivity index (χ3n) is 2.86. The zero-order valence-corrected chi connectivity index (χ0v) is 11.5. The first-order valence-electron chi connectivity index (χ1n) is 5.80. The van der Waals surface area contributed by atoms with E-state index >= 15 is 0 Å². The number of rotatable bonds is 2. The minimum Gasteiger partial charge on any atom is -0.464 e. The summed E-state index contributed by atoms with van der Waals surface area (Å²) in [6.45, 7) is 1.74. The fourth-order valence-corrected chi connectivity index (χ4v) is 2.06. The Labute approximate surface area is 118 Å². The molecule has 0 bridgehead atoms. The summed E-state index contributed by atoms with van der Waals surface area (Å²) in [5.41, 5.74) is 1.70. The van der Waals surface area contributed by atoms with Gasteiger partial charge in [0, 0.05) is 6.07 Å². The predicted octanol–water partition coefficient (Wildman–Crippen LogP) is 2.74. The lowest BCUT2D eigenvalue weighted by Gasteiger charge is -2.05. The highest BCUT2D eigenvalue weighted by Crippen LogP contribution is 2.26. The minimum atomic E-state index is -0.524. The quantitative estimate of drug-likeness (QED) is 0.679. The van der Waals surface area contributed by atoms with E-state index in [1.807, 2.05) is 0 Å². The van der Waals surface area contributed by atoms with Gasteiger partial charge in [0.25, 0.3) is 0 Å². The number of esters is 1. The maximum atomic E-state index is 11.9. The van der Waals surface area contributed by atoms with Gasteiger partial charge in [-0.1, -0.05) is 11.6 Å². The molecule has 3 rings (SSSR count). The number of hydrogen-bond donors (Lipinski definition) is 0. The largest absolute Gasteiger partial charge is 0.464 e. The van der Waals surface area contributed by atoms with Gasteiger partial charge in [-0.15, -0.1) is 0 Å². The normalized spacial score (nSPS) is 10.9. The Kier molecular flexibility index (Phi) is 2.94. The van der Waals surface area contributed by atoms with E-state index in [2.05, 4.69) is 10.1 Å². The van der Waals surface area contributed by atoms with Gasteiger partial charge in [-0.25, -0.2) is 14.3 Å². The first kappa shape index (κ1) is 12.7. The molecule has 0 saturated carbocycles. The van der Waals surface area contributed by atoms with E-state index in [0.717, 1.165) is 0 Å². The molecule has 0 unspecified atom stereocenters. The summed E-state index contributed by atoms with van der Waals surface area (Å²) in [5.74, 6) is 0.0111. The number of ether oxygens (including phenoxy) is 1. The third kappa shape index (κ3) is 1.85. The van der Waals surface area contributed by atoms with Gasteiger partial charge >= 0.3 is 5.97 Å². The zero-order valence-electron chi connectivity index (χ0n) is 10.8. The van der Waals surface area contributed by atoms with Crippen LogP contribution in [0.1, 0.15) is 16.2 Å². The second kappa shape index (κ2) is 4.64. The lowest BCUT2D eigenvalue weighted by Crippen LogP contribution is -2.10. The van der Waals surface area contributed by atoms with E-state index in [1.54, 1.807) is 25.1 Å². The van der Waals surface area contributed by atoms with Crippen LogP contribution in [0.5, 0.6) is 0 Å². The van der Waals surface area contributed by atoms with Crippen LogP contribution in [0.15, 0.2) is 28.9 Å². The van der Waals surface area contributed by atoms with Crippen LogP contribution in [-0.4, -0.2) is 27.7 Å². The molecule has 0 aliphatic heterocycles. The highest BCUT2D eigenvalue weighted by molar-refractivity contribution is 6.34. The average molecular weight is 292 g/mol. The van der Waals surface area contributed by atoms with Crippen molar-refractivity contribution in [1.29, 1.82) is 0 Å². The van der Waals surface area contributed by atoms with Crippen LogP contribution >= 0.6 is 11.6 Å². The van der Waals surface area contributed by atoms with Crippen LogP contribution in [0, 0.1) is 6.92 Å². The number of aryl methyl sites for hydroxylation is 1. The number of furan rings is 1. The maximum absolute atomic E-state index is 11.9. The Hall–Kier alpha value is -2.34. The first-order chi connectivity index (χ1) is 9.61. The highest BCUT2D eigenvalue weighted by atomic mass is 35.5. The van der Waals surface area contributed by atoms with E-state index in [9.17, 15) is 4.79 Å². The van der Waals surface area contributed by atoms with Crippen LogP contribution in [0.25, 0.3) is 17.1 Å². The second-order valence-corrected chi connectivity index (χ2v) is 4.51. The summed E-state index contributed by atoms with van der Waals surface area (Å²) in [7, 11) is 1.30. The minimum absolute atomic E-state index is 0.235. The van der Waals surface area contributed by atoms with Crippen molar-refractivity contribution in [3.05, 3.63) is 40.9 Å². The van der Waals surface area contributed by atoms with Gasteiger partial charge < -0.3 is 9.15 Å². The molecule has 0 aliphatic carbocycles. The van der Waals surface area contributed by atoms with Crippen LogP contribution in [-0.2, 0) is 4.74 Å². The molecule has 0 spiro atoms. The number of methoxy groups -OCH3 is 1. The van der Waals surface area contributed by atoms with Crippen LogP contribution < -0.4 is 0 Å². The topological polar surface area (TPSA) is 69.6 Å². The summed E-state index contributed by atoms with van der Waals surface area (Å²) in [6.07, 6.45) is 1.53. The summed E-state index contributed by atoms with van der Waals surface area (Å²) in [6, 6.07) is 5.04. The molecule has 3 heterocycles. The smallest absolute Gasteiger partial charge is 0.356 e. The van der Waals surface area contributed by atoms with Crippen LogP contribution in [0.4, 0.5) is 0 Å². The maximum Gasteiger partial charge on any atom is 0.356 e. The zero-order chi connectivity index (χ0) is 14.3. The van der Waals surface area contributed by atoms with Crippen molar-refractivity contribution < 1.29 is 13.9 Å². The summed E-state index contributed by atoms with van der Waals surface area (Å²) in [4.78, 5) is 16.3. The summed E-state index contributed by atoms with van der Waals surface area (Å²) in [5, 5.41) is 4.59. The Balaban J connectivity index is 2.34. The monoisotopic (exact) mass is 291 g/mol.